The molecular formula is C20H11F3N6O3. The number of hydrogen-bond acceptors (Lipinski definition) is 7. The van der Waals surface area contributed by atoms with E-state index in [4.69, 9.17) is 0 Å². The Kier molecular flexibility index (Phi) is 3.37. The van der Waals surface area contributed by atoms with Gasteiger partial charge in [-0.2, -0.15) is 17.9 Å². The van der Waals surface area contributed by atoms with Crippen molar-refractivity contribution in [1.29, 1.82) is 0 Å². The highest BCUT2D eigenvalue weighted by atomic mass is 19.4. The van der Waals surface area contributed by atoms with Crippen LogP contribution in [0.15, 0.2) is 42.5 Å². The molecule has 3 aromatic rings. The lowest BCUT2D eigenvalue weighted by molar-refractivity contribution is -0.136. The molecule has 2 N–H and O–H groups in total. The fourth-order valence-electron chi connectivity index (χ4n) is 5.05. The van der Waals surface area contributed by atoms with Gasteiger partial charge in [0, 0.05) is 11.1 Å². The van der Waals surface area contributed by atoms with Crippen molar-refractivity contribution in [3.63, 3.8) is 0 Å². The van der Waals surface area contributed by atoms with Crippen molar-refractivity contribution in [2.45, 2.75) is 17.8 Å². The molecule has 9 nitrogen and oxygen atoms in total. The molecular weight excluding hydrogens is 429 g/mol. The average Bonchev–Trinajstić information content (AvgIpc) is 3.34. The van der Waals surface area contributed by atoms with Crippen LogP contribution >= 0.6 is 0 Å². The SMILES string of the molecule is O=C1C(=O)C2C(Nc3nnnn3C23C(=O)Nc2c(C(F)(F)F)cccc23)c2ccccc21. The first kappa shape index (κ1) is 18.7. The number of nitrogens with zero attached hydrogens (tertiary/aromatic N) is 4. The van der Waals surface area contributed by atoms with Gasteiger partial charge >= 0.3 is 6.18 Å². The summed E-state index contributed by atoms with van der Waals surface area (Å²) >= 11 is 0. The molecule has 1 spiro atoms. The fraction of sp³-hybridized carbons (Fsp3) is 0.200. The Morgan fingerprint density at radius 3 is 2.59 bits per heavy atom. The first-order chi connectivity index (χ1) is 15.3. The number of fused-ring (bicyclic) bond motifs is 8. The molecule has 2 aromatic carbocycles. The van der Waals surface area contributed by atoms with E-state index in [1.54, 1.807) is 18.2 Å². The Morgan fingerprint density at radius 2 is 1.81 bits per heavy atom. The lowest BCUT2D eigenvalue weighted by Gasteiger charge is -2.45. The fourth-order valence-corrected chi connectivity index (χ4v) is 5.05. The molecule has 0 saturated carbocycles. The van der Waals surface area contributed by atoms with Crippen molar-refractivity contribution in [1.82, 2.24) is 20.2 Å². The van der Waals surface area contributed by atoms with Gasteiger partial charge in [-0.15, -0.1) is 0 Å². The summed E-state index contributed by atoms with van der Waals surface area (Å²) in [4.78, 5) is 39.8. The third-order valence-electron chi connectivity index (χ3n) is 6.28. The molecule has 0 fully saturated rings. The van der Waals surface area contributed by atoms with E-state index in [1.807, 2.05) is 0 Å². The number of nitrogens with one attached hydrogen (secondary N) is 2. The number of anilines is 2. The van der Waals surface area contributed by atoms with Crippen LogP contribution < -0.4 is 10.6 Å². The first-order valence-corrected chi connectivity index (χ1v) is 9.51. The molecule has 0 radical (unpaired) electrons. The summed E-state index contributed by atoms with van der Waals surface area (Å²) in [6.07, 6.45) is -4.76. The Labute approximate surface area is 176 Å². The lowest BCUT2D eigenvalue weighted by Crippen LogP contribution is -2.60. The lowest BCUT2D eigenvalue weighted by atomic mass is 9.65. The Morgan fingerprint density at radius 1 is 1.03 bits per heavy atom. The summed E-state index contributed by atoms with van der Waals surface area (Å²) in [5.74, 6) is -4.08. The predicted molar refractivity (Wildman–Crippen MR) is 101 cm³/mol. The molecule has 12 heteroatoms. The second kappa shape index (κ2) is 5.78. The molecule has 6 rings (SSSR count). The Bertz CT molecular complexity index is 1370. The van der Waals surface area contributed by atoms with Crippen molar-refractivity contribution < 1.29 is 27.6 Å². The third-order valence-corrected chi connectivity index (χ3v) is 6.28. The van der Waals surface area contributed by atoms with Gasteiger partial charge in [-0.1, -0.05) is 41.5 Å². The summed E-state index contributed by atoms with van der Waals surface area (Å²) in [6, 6.07) is 8.75. The van der Waals surface area contributed by atoms with Crippen molar-refractivity contribution >= 4 is 29.1 Å². The maximum absolute atomic E-state index is 13.7. The number of halogens is 3. The van der Waals surface area contributed by atoms with Crippen LogP contribution in [0.5, 0.6) is 0 Å². The van der Waals surface area contributed by atoms with E-state index in [9.17, 15) is 27.6 Å². The standard InChI is InChI=1S/C20H11F3N6O3/c21-20(22,23)11-7-3-6-10-14(11)24-17(32)19(10)12-13(25-18-26-27-28-29(18)19)8-4-1-2-5-9(8)15(30)16(12)31/h1-7,12-13H,(H,24,32)(H,25,26,28). The van der Waals surface area contributed by atoms with Crippen LogP contribution in [0.25, 0.3) is 0 Å². The van der Waals surface area contributed by atoms with Gasteiger partial charge in [0.25, 0.3) is 5.91 Å². The quantitative estimate of drug-likeness (QED) is 0.513. The molecule has 3 atom stereocenters. The zero-order chi connectivity index (χ0) is 22.4. The number of carbonyl (C=O) groups excluding carboxylic acids is 3. The van der Waals surface area contributed by atoms with Crippen LogP contribution in [0.4, 0.5) is 24.8 Å². The highest BCUT2D eigenvalue weighted by Crippen LogP contribution is 2.56. The van der Waals surface area contributed by atoms with E-state index in [0.29, 0.717) is 5.56 Å². The number of ketones is 2. The molecule has 1 aromatic heterocycles. The molecule has 160 valence electrons. The molecule has 32 heavy (non-hydrogen) atoms. The van der Waals surface area contributed by atoms with E-state index in [1.165, 1.54) is 12.1 Å². The number of rotatable bonds is 0. The van der Waals surface area contributed by atoms with Crippen molar-refractivity contribution in [2.24, 2.45) is 5.92 Å². The van der Waals surface area contributed by atoms with Crippen LogP contribution in [0.3, 0.4) is 0 Å². The Hall–Kier alpha value is -4.09. The number of tetrazole rings is 1. The molecule has 3 aliphatic rings. The van der Waals surface area contributed by atoms with Crippen LogP contribution in [-0.4, -0.2) is 37.7 Å². The van der Waals surface area contributed by atoms with E-state index in [2.05, 4.69) is 26.2 Å². The monoisotopic (exact) mass is 440 g/mol. The smallest absolute Gasteiger partial charge is 0.345 e. The molecule has 1 aliphatic carbocycles. The van der Waals surface area contributed by atoms with E-state index >= 15 is 0 Å². The number of carbonyl (C=O) groups is 3. The van der Waals surface area contributed by atoms with Crippen molar-refractivity contribution in [2.75, 3.05) is 10.6 Å². The van der Waals surface area contributed by atoms with Gasteiger partial charge in [0.1, 0.15) is 0 Å². The Balaban J connectivity index is 1.71. The van der Waals surface area contributed by atoms with Gasteiger partial charge in [0.15, 0.2) is 5.54 Å². The number of para-hydroxylation sites is 1. The minimum Gasteiger partial charge on any atom is -0.345 e. The topological polar surface area (TPSA) is 119 Å². The minimum atomic E-state index is -4.76. The van der Waals surface area contributed by atoms with Crippen LogP contribution in [0.1, 0.15) is 33.1 Å². The molecule has 1 amide bonds. The van der Waals surface area contributed by atoms with Gasteiger partial charge in [0.05, 0.1) is 23.2 Å². The zero-order valence-electron chi connectivity index (χ0n) is 15.8. The summed E-state index contributed by atoms with van der Waals surface area (Å²) in [7, 11) is 0. The summed E-state index contributed by atoms with van der Waals surface area (Å²) in [5.41, 5.74) is -3.16. The summed E-state index contributed by atoms with van der Waals surface area (Å²) in [6.45, 7) is 0. The zero-order valence-corrected chi connectivity index (χ0v) is 15.8. The molecule has 3 heterocycles. The van der Waals surface area contributed by atoms with Gasteiger partial charge in [-0.3, -0.25) is 14.4 Å². The van der Waals surface area contributed by atoms with Crippen molar-refractivity contribution in [3.05, 3.63) is 64.7 Å². The second-order valence-electron chi connectivity index (χ2n) is 7.74. The maximum Gasteiger partial charge on any atom is 0.418 e. The first-order valence-electron chi connectivity index (χ1n) is 9.51. The average molecular weight is 440 g/mol. The van der Waals surface area contributed by atoms with Crippen LogP contribution in [0.2, 0.25) is 0 Å². The predicted octanol–water partition coefficient (Wildman–Crippen LogP) is 1.94. The van der Waals surface area contributed by atoms with Gasteiger partial charge in [-0.25, -0.2) is 0 Å². The van der Waals surface area contributed by atoms with Gasteiger partial charge in [-0.05, 0) is 22.1 Å². The van der Waals surface area contributed by atoms with E-state index in [-0.39, 0.29) is 17.1 Å². The molecule has 0 bridgehead atoms. The van der Waals surface area contributed by atoms with E-state index < -0.39 is 52.4 Å². The molecule has 2 aliphatic heterocycles. The highest BCUT2D eigenvalue weighted by Gasteiger charge is 2.66. The van der Waals surface area contributed by atoms with Crippen molar-refractivity contribution in [3.8, 4) is 0 Å². The van der Waals surface area contributed by atoms with Gasteiger partial charge < -0.3 is 10.6 Å². The van der Waals surface area contributed by atoms with E-state index in [0.717, 1.165) is 16.8 Å². The van der Waals surface area contributed by atoms with Crippen LogP contribution in [-0.2, 0) is 21.3 Å². The maximum atomic E-state index is 13.7. The normalized spacial score (nSPS) is 25.5. The highest BCUT2D eigenvalue weighted by molar-refractivity contribution is 6.46. The van der Waals surface area contributed by atoms with Crippen LogP contribution in [0, 0.1) is 5.92 Å². The number of amides is 1. The largest absolute Gasteiger partial charge is 0.418 e. The molecule has 0 saturated heterocycles. The number of hydrogen-bond donors (Lipinski definition) is 2. The number of alkyl halides is 3. The summed E-state index contributed by atoms with van der Waals surface area (Å²) in [5, 5.41) is 16.5. The second-order valence-corrected chi connectivity index (χ2v) is 7.74. The number of benzene rings is 2. The minimum absolute atomic E-state index is 0.0105. The number of Topliss-reactive ketones (excluding diaryl/α,β-unsaturated/α-hetero) is 2. The van der Waals surface area contributed by atoms with Gasteiger partial charge in [0.2, 0.25) is 17.5 Å². The molecule has 3 unspecified atom stereocenters. The summed E-state index contributed by atoms with van der Waals surface area (Å²) < 4.78 is 42.1. The number of aromatic nitrogens is 4. The third kappa shape index (κ3) is 2.03.